The maximum absolute atomic E-state index is 13.8. The second-order valence-electron chi connectivity index (χ2n) is 7.52. The number of rotatable bonds is 3. The Morgan fingerprint density at radius 1 is 1.25 bits per heavy atom. The molecule has 1 aliphatic heterocycles. The average Bonchev–Trinajstić information content (AvgIpc) is 2.62. The quantitative estimate of drug-likeness (QED) is 0.917. The molecule has 1 saturated carbocycles. The fourth-order valence-electron chi connectivity index (χ4n) is 4.46. The summed E-state index contributed by atoms with van der Waals surface area (Å²) in [5.41, 5.74) is 0.280. The van der Waals surface area contributed by atoms with Crippen LogP contribution in [0.3, 0.4) is 0 Å². The van der Waals surface area contributed by atoms with Crippen molar-refractivity contribution in [1.82, 2.24) is 4.90 Å². The highest BCUT2D eigenvalue weighted by atomic mass is 19.1. The molecule has 1 aromatic rings. The van der Waals surface area contributed by atoms with Gasteiger partial charge in [-0.05, 0) is 56.2 Å². The molecule has 3 nitrogen and oxygen atoms in total. The van der Waals surface area contributed by atoms with Crippen molar-refractivity contribution >= 4 is 5.91 Å². The number of aliphatic hydroxyl groups excluding tert-OH is 1. The van der Waals surface area contributed by atoms with Gasteiger partial charge in [-0.1, -0.05) is 31.4 Å². The number of piperidine rings is 1. The van der Waals surface area contributed by atoms with E-state index in [9.17, 15) is 14.3 Å². The van der Waals surface area contributed by atoms with E-state index in [0.717, 1.165) is 50.5 Å². The van der Waals surface area contributed by atoms with Crippen LogP contribution in [0.1, 0.15) is 57.4 Å². The second kappa shape index (κ2) is 7.22. The summed E-state index contributed by atoms with van der Waals surface area (Å²) in [6, 6.07) is 6.62. The van der Waals surface area contributed by atoms with E-state index in [1.165, 1.54) is 6.07 Å². The number of halogens is 1. The van der Waals surface area contributed by atoms with E-state index in [-0.39, 0.29) is 23.7 Å². The molecular formula is C20H28FNO2. The maximum Gasteiger partial charge on any atom is 0.233 e. The normalized spacial score (nSPS) is 23.0. The van der Waals surface area contributed by atoms with E-state index in [0.29, 0.717) is 13.1 Å². The Morgan fingerprint density at radius 3 is 2.50 bits per heavy atom. The van der Waals surface area contributed by atoms with Gasteiger partial charge in [-0.2, -0.15) is 0 Å². The van der Waals surface area contributed by atoms with Gasteiger partial charge in [0, 0.05) is 13.1 Å². The number of carbonyl (C=O) groups is 1. The van der Waals surface area contributed by atoms with Crippen LogP contribution < -0.4 is 0 Å². The first-order chi connectivity index (χ1) is 11.5. The molecule has 1 N–H and O–H groups in total. The SMILES string of the molecule is CC(O)C1CCN(C(=O)C2(c3cccc(F)c3)CCCCC2)CC1. The van der Waals surface area contributed by atoms with Crippen molar-refractivity contribution in [3.63, 3.8) is 0 Å². The lowest BCUT2D eigenvalue weighted by Gasteiger charge is -2.43. The maximum atomic E-state index is 13.8. The summed E-state index contributed by atoms with van der Waals surface area (Å²) in [6.07, 6.45) is 6.20. The molecule has 1 aliphatic carbocycles. The van der Waals surface area contributed by atoms with Gasteiger partial charge >= 0.3 is 0 Å². The average molecular weight is 333 g/mol. The van der Waals surface area contributed by atoms with Crippen LogP contribution in [0.15, 0.2) is 24.3 Å². The molecule has 1 unspecified atom stereocenters. The zero-order chi connectivity index (χ0) is 17.2. The van der Waals surface area contributed by atoms with Crippen molar-refractivity contribution in [2.45, 2.75) is 63.4 Å². The molecule has 24 heavy (non-hydrogen) atoms. The Kier molecular flexibility index (Phi) is 5.24. The smallest absolute Gasteiger partial charge is 0.233 e. The molecule has 2 fully saturated rings. The molecule has 0 aromatic heterocycles. The van der Waals surface area contributed by atoms with E-state index in [1.54, 1.807) is 12.1 Å². The predicted octanol–water partition coefficient (Wildman–Crippen LogP) is 3.65. The second-order valence-corrected chi connectivity index (χ2v) is 7.52. The first kappa shape index (κ1) is 17.4. The van der Waals surface area contributed by atoms with Crippen LogP contribution in [0.4, 0.5) is 4.39 Å². The summed E-state index contributed by atoms with van der Waals surface area (Å²) in [5.74, 6) is 0.181. The van der Waals surface area contributed by atoms with Crippen LogP contribution >= 0.6 is 0 Å². The monoisotopic (exact) mass is 333 g/mol. The number of amides is 1. The van der Waals surface area contributed by atoms with E-state index in [4.69, 9.17) is 0 Å². The number of likely N-dealkylation sites (tertiary alicyclic amines) is 1. The Hall–Kier alpha value is -1.42. The number of nitrogens with zero attached hydrogens (tertiary/aromatic N) is 1. The third kappa shape index (κ3) is 3.34. The molecule has 0 bridgehead atoms. The van der Waals surface area contributed by atoms with Crippen LogP contribution in [0.2, 0.25) is 0 Å². The molecule has 1 atom stereocenters. The molecule has 1 aromatic carbocycles. The lowest BCUT2D eigenvalue weighted by molar-refractivity contribution is -0.141. The molecule has 1 saturated heterocycles. The largest absolute Gasteiger partial charge is 0.393 e. The van der Waals surface area contributed by atoms with Crippen molar-refractivity contribution in [1.29, 1.82) is 0 Å². The van der Waals surface area contributed by atoms with Crippen LogP contribution in [0.25, 0.3) is 0 Å². The molecule has 4 heteroatoms. The number of aliphatic hydroxyl groups is 1. The topological polar surface area (TPSA) is 40.5 Å². The van der Waals surface area contributed by atoms with Gasteiger partial charge in [0.15, 0.2) is 0 Å². The molecule has 132 valence electrons. The summed E-state index contributed by atoms with van der Waals surface area (Å²) in [5, 5.41) is 9.76. The van der Waals surface area contributed by atoms with E-state index in [1.807, 2.05) is 17.9 Å². The van der Waals surface area contributed by atoms with Gasteiger partial charge in [-0.15, -0.1) is 0 Å². The Morgan fingerprint density at radius 2 is 1.92 bits per heavy atom. The zero-order valence-corrected chi connectivity index (χ0v) is 14.5. The van der Waals surface area contributed by atoms with Crippen molar-refractivity contribution in [2.24, 2.45) is 5.92 Å². The number of hydrogen-bond acceptors (Lipinski definition) is 2. The van der Waals surface area contributed by atoms with Gasteiger partial charge in [0.25, 0.3) is 0 Å². The van der Waals surface area contributed by atoms with Crippen LogP contribution in [0.5, 0.6) is 0 Å². The van der Waals surface area contributed by atoms with Gasteiger partial charge in [-0.3, -0.25) is 4.79 Å². The fraction of sp³-hybridized carbons (Fsp3) is 0.650. The Labute approximate surface area is 143 Å². The third-order valence-electron chi connectivity index (χ3n) is 6.00. The summed E-state index contributed by atoms with van der Waals surface area (Å²) in [6.45, 7) is 3.23. The Bertz CT molecular complexity index is 573. The molecular weight excluding hydrogens is 305 g/mol. The molecule has 0 spiro atoms. The van der Waals surface area contributed by atoms with Gasteiger partial charge < -0.3 is 10.0 Å². The Balaban J connectivity index is 1.83. The minimum atomic E-state index is -0.558. The summed E-state index contributed by atoms with van der Waals surface area (Å²) >= 11 is 0. The molecule has 2 aliphatic rings. The van der Waals surface area contributed by atoms with E-state index >= 15 is 0 Å². The number of benzene rings is 1. The van der Waals surface area contributed by atoms with Gasteiger partial charge in [0.05, 0.1) is 11.5 Å². The standard InChI is InChI=1S/C20H28FNO2/c1-15(23)16-8-12-22(13-9-16)19(24)20(10-3-2-4-11-20)17-6-5-7-18(21)14-17/h5-7,14-16,23H,2-4,8-13H2,1H3. The van der Waals surface area contributed by atoms with Gasteiger partial charge in [-0.25, -0.2) is 4.39 Å². The predicted molar refractivity (Wildman–Crippen MR) is 92.1 cm³/mol. The minimum absolute atomic E-state index is 0.164. The van der Waals surface area contributed by atoms with Crippen LogP contribution in [0, 0.1) is 11.7 Å². The lowest BCUT2D eigenvalue weighted by Crippen LogP contribution is -2.51. The highest BCUT2D eigenvalue weighted by Gasteiger charge is 2.44. The van der Waals surface area contributed by atoms with E-state index < -0.39 is 5.41 Å². The highest BCUT2D eigenvalue weighted by Crippen LogP contribution is 2.42. The molecule has 1 heterocycles. The van der Waals surface area contributed by atoms with Gasteiger partial charge in [0.1, 0.15) is 5.82 Å². The van der Waals surface area contributed by atoms with Gasteiger partial charge in [0.2, 0.25) is 5.91 Å². The van der Waals surface area contributed by atoms with Crippen molar-refractivity contribution in [3.8, 4) is 0 Å². The minimum Gasteiger partial charge on any atom is -0.393 e. The van der Waals surface area contributed by atoms with E-state index in [2.05, 4.69) is 0 Å². The highest BCUT2D eigenvalue weighted by molar-refractivity contribution is 5.88. The van der Waals surface area contributed by atoms with Crippen molar-refractivity contribution in [2.75, 3.05) is 13.1 Å². The third-order valence-corrected chi connectivity index (χ3v) is 6.00. The van der Waals surface area contributed by atoms with Crippen molar-refractivity contribution in [3.05, 3.63) is 35.6 Å². The van der Waals surface area contributed by atoms with Crippen LogP contribution in [-0.2, 0) is 10.2 Å². The zero-order valence-electron chi connectivity index (χ0n) is 14.5. The first-order valence-electron chi connectivity index (χ1n) is 9.26. The summed E-state index contributed by atoms with van der Waals surface area (Å²) in [4.78, 5) is 15.4. The fourth-order valence-corrected chi connectivity index (χ4v) is 4.46. The first-order valence-corrected chi connectivity index (χ1v) is 9.26. The summed E-state index contributed by atoms with van der Waals surface area (Å²) in [7, 11) is 0. The molecule has 1 amide bonds. The number of hydrogen-bond donors (Lipinski definition) is 1. The van der Waals surface area contributed by atoms with Crippen LogP contribution in [-0.4, -0.2) is 35.1 Å². The molecule has 0 radical (unpaired) electrons. The van der Waals surface area contributed by atoms with Crippen molar-refractivity contribution < 1.29 is 14.3 Å². The molecule has 3 rings (SSSR count). The number of carbonyl (C=O) groups excluding carboxylic acids is 1. The summed E-state index contributed by atoms with van der Waals surface area (Å²) < 4.78 is 13.8. The lowest BCUT2D eigenvalue weighted by atomic mass is 9.68.